The number of halogens is 1. The van der Waals surface area contributed by atoms with Crippen LogP contribution >= 0.6 is 19.9 Å². The summed E-state index contributed by atoms with van der Waals surface area (Å²) in [5.41, 5.74) is 0. The second kappa shape index (κ2) is 17.4. The van der Waals surface area contributed by atoms with E-state index in [-0.39, 0.29) is 23.8 Å². The summed E-state index contributed by atoms with van der Waals surface area (Å²) >= 11 is 5.58. The Balaban J connectivity index is 0.000000462. The minimum Gasteiger partial charge on any atom is -0.558 e. The zero-order chi connectivity index (χ0) is 26.5. The first-order valence-electron chi connectivity index (χ1n) is 12.0. The molecule has 5 nitrogen and oxygen atoms in total. The molecule has 1 saturated heterocycles. The zero-order valence-corrected chi connectivity index (χ0v) is 22.3. The molecule has 0 aliphatic carbocycles. The summed E-state index contributed by atoms with van der Waals surface area (Å²) in [6, 6.07) is 6.36. The number of para-hydroxylation sites is 1. The van der Waals surface area contributed by atoms with Gasteiger partial charge < -0.3 is 14.7 Å². The highest BCUT2D eigenvalue weighted by atomic mass is 35.5. The van der Waals surface area contributed by atoms with Gasteiger partial charge in [0.05, 0.1) is 11.6 Å². The third kappa shape index (κ3) is 12.4. The van der Waals surface area contributed by atoms with Gasteiger partial charge in [-0.2, -0.15) is 0 Å². The van der Waals surface area contributed by atoms with E-state index in [4.69, 9.17) is 60.1 Å². The van der Waals surface area contributed by atoms with Crippen LogP contribution in [0.1, 0.15) is 39.5 Å². The van der Waals surface area contributed by atoms with Gasteiger partial charge in [0.15, 0.2) is 0 Å². The van der Waals surface area contributed by atoms with E-state index in [2.05, 4.69) is 18.4 Å². The second-order valence-electron chi connectivity index (χ2n) is 9.44. The predicted molar refractivity (Wildman–Crippen MR) is 156 cm³/mol. The van der Waals surface area contributed by atoms with E-state index < -0.39 is 27.4 Å². The highest BCUT2D eigenvalue weighted by molar-refractivity contribution is 8.01. The number of hydrogen-bond acceptors (Lipinski definition) is 5. The number of aliphatic hydroxyl groups excluding tert-OH is 1. The van der Waals surface area contributed by atoms with Gasteiger partial charge in [0, 0.05) is 84.0 Å². The molecule has 2 rings (SSSR count). The molecule has 1 aliphatic heterocycles. The summed E-state index contributed by atoms with van der Waals surface area (Å²) in [6.45, 7) is 6.40. The average Bonchev–Trinajstić information content (AvgIpc) is 3.44. The molecule has 0 bridgehead atoms. The molecule has 1 fully saturated rings. The van der Waals surface area contributed by atoms with Crippen LogP contribution in [0.5, 0.6) is 5.75 Å². The first-order valence-corrected chi connectivity index (χ1v) is 13.5. The number of rotatable bonds is 15. The van der Waals surface area contributed by atoms with E-state index in [1.807, 2.05) is 0 Å². The SMILES string of the molecule is O=[P+]([O-])Oc1ccccc1Cl.[B]B([B])B([B])B(B([B])[B])B1C(CCCO)C1CCCOCC(C)C. The second-order valence-corrected chi connectivity index (χ2v) is 10.5. The number of ether oxygens (including phenoxy) is 1. The minimum atomic E-state index is -2.88. The normalized spacial score (nSPS) is 16.7. The number of aliphatic hydroxyl groups is 1. The highest BCUT2D eigenvalue weighted by Gasteiger charge is 2.57. The molecule has 3 atom stereocenters. The van der Waals surface area contributed by atoms with Crippen molar-refractivity contribution in [1.82, 2.24) is 0 Å². The summed E-state index contributed by atoms with van der Waals surface area (Å²) in [6.07, 6.45) is 2.18. The van der Waals surface area contributed by atoms with Gasteiger partial charge in [-0.15, -0.1) is 0 Å². The van der Waals surface area contributed by atoms with Crippen molar-refractivity contribution in [3.05, 3.63) is 29.3 Å². The molecular weight excluding hydrogens is 471 g/mol. The van der Waals surface area contributed by atoms with Crippen LogP contribution in [-0.4, -0.2) is 95.8 Å². The Morgan fingerprint density at radius 2 is 1.71 bits per heavy atom. The van der Waals surface area contributed by atoms with E-state index in [9.17, 15) is 9.46 Å². The van der Waals surface area contributed by atoms with Crippen molar-refractivity contribution in [3.63, 3.8) is 0 Å². The van der Waals surface area contributed by atoms with Gasteiger partial charge in [0.2, 0.25) is 5.75 Å². The quantitative estimate of drug-likeness (QED) is 0.220. The Labute approximate surface area is 226 Å². The van der Waals surface area contributed by atoms with Crippen LogP contribution in [0.15, 0.2) is 24.3 Å². The molecule has 10 radical (unpaired) electrons. The first kappa shape index (κ1) is 33.0. The van der Waals surface area contributed by atoms with Crippen LogP contribution in [0.4, 0.5) is 0 Å². The van der Waals surface area contributed by atoms with Gasteiger partial charge in [-0.3, -0.25) is 4.52 Å². The molecular formula is C18H28B10ClO5P. The molecule has 17 heteroatoms. The Hall–Kier alpha value is -0.0606. The topological polar surface area (TPSA) is 78.8 Å². The molecule has 1 aromatic carbocycles. The molecule has 172 valence electrons. The summed E-state index contributed by atoms with van der Waals surface area (Å²) in [4.78, 5) is 10.1. The van der Waals surface area contributed by atoms with E-state index >= 15 is 0 Å². The molecule has 0 saturated carbocycles. The molecule has 1 aliphatic rings. The van der Waals surface area contributed by atoms with Gasteiger partial charge in [0.25, 0.3) is 0 Å². The van der Waals surface area contributed by atoms with Crippen molar-refractivity contribution in [1.29, 1.82) is 0 Å². The Morgan fingerprint density at radius 3 is 2.20 bits per heavy atom. The molecule has 1 aromatic rings. The smallest absolute Gasteiger partial charge is 0.539 e. The van der Waals surface area contributed by atoms with Crippen LogP contribution in [0.3, 0.4) is 0 Å². The largest absolute Gasteiger partial charge is 0.558 e. The minimum absolute atomic E-state index is 0.0877. The van der Waals surface area contributed by atoms with E-state index in [0.717, 1.165) is 38.9 Å². The van der Waals surface area contributed by atoms with Crippen molar-refractivity contribution in [2.24, 2.45) is 5.92 Å². The number of hydrogen-bond donors (Lipinski definition) is 1. The molecule has 35 heavy (non-hydrogen) atoms. The first-order chi connectivity index (χ1) is 16.5. The van der Waals surface area contributed by atoms with E-state index in [1.54, 1.807) is 18.2 Å². The molecule has 0 amide bonds. The zero-order valence-electron chi connectivity index (χ0n) is 20.7. The lowest BCUT2D eigenvalue weighted by molar-refractivity contribution is -0.178. The van der Waals surface area contributed by atoms with E-state index in [1.165, 1.54) is 6.07 Å². The van der Waals surface area contributed by atoms with Crippen molar-refractivity contribution in [2.75, 3.05) is 19.8 Å². The molecule has 1 N–H and O–H groups in total. The fourth-order valence-corrected chi connectivity index (χ4v) is 5.10. The lowest BCUT2D eigenvalue weighted by Crippen LogP contribution is -2.63. The molecule has 1 heterocycles. The fourth-order valence-electron chi connectivity index (χ4n) is 4.55. The van der Waals surface area contributed by atoms with Crippen molar-refractivity contribution < 1.29 is 23.8 Å². The van der Waals surface area contributed by atoms with Gasteiger partial charge in [-0.25, -0.2) is 0 Å². The van der Waals surface area contributed by atoms with Gasteiger partial charge in [-0.1, -0.05) is 62.1 Å². The lowest BCUT2D eigenvalue weighted by atomic mass is 8.57. The summed E-state index contributed by atoms with van der Waals surface area (Å²) in [5.74, 6) is 1.72. The van der Waals surface area contributed by atoms with Crippen LogP contribution < -0.4 is 9.42 Å². The number of benzene rings is 1. The Morgan fingerprint density at radius 1 is 1.11 bits per heavy atom. The molecule has 3 unspecified atom stereocenters. The maximum absolute atomic E-state index is 10.1. The summed E-state index contributed by atoms with van der Waals surface area (Å²) in [5, 5.41) is 9.41. The van der Waals surface area contributed by atoms with E-state index in [0.29, 0.717) is 24.2 Å². The maximum atomic E-state index is 10.1. The molecule has 0 spiro atoms. The molecule has 0 aromatic heterocycles. The van der Waals surface area contributed by atoms with Crippen molar-refractivity contribution >= 4 is 90.7 Å². The average molecular weight is 499 g/mol. The van der Waals surface area contributed by atoms with Crippen LogP contribution in [-0.2, 0) is 9.30 Å². The summed E-state index contributed by atoms with van der Waals surface area (Å²) < 4.78 is 20.1. The standard InChI is InChI=1S/C12H24B10O2.C6H4ClO3P/c1-10(2)9-24-8-4-6-12-11(5-3-7-23)18(12)22(20(15)16)21(17)19(13)14;7-5-3-1-2-4-6(5)10-11(8)9/h10-12,23H,3-9H2,1-2H3;1-4H. The third-order valence-corrected chi connectivity index (χ3v) is 6.82. The van der Waals surface area contributed by atoms with Crippen LogP contribution in [0, 0.1) is 5.92 Å². The predicted octanol–water partition coefficient (Wildman–Crippen LogP) is 0.816. The Bertz CT molecular complexity index is 753. The summed E-state index contributed by atoms with van der Waals surface area (Å²) in [7, 11) is 26.8. The van der Waals surface area contributed by atoms with Crippen molar-refractivity contribution in [2.45, 2.75) is 51.2 Å². The van der Waals surface area contributed by atoms with Gasteiger partial charge in [0.1, 0.15) is 0 Å². The van der Waals surface area contributed by atoms with Crippen molar-refractivity contribution in [3.8, 4) is 5.75 Å². The fraction of sp³-hybridized carbons (Fsp3) is 0.667. The van der Waals surface area contributed by atoms with Crippen LogP contribution in [0.25, 0.3) is 0 Å². The van der Waals surface area contributed by atoms with Crippen LogP contribution in [0.2, 0.25) is 16.7 Å². The van der Waals surface area contributed by atoms with Gasteiger partial charge >= 0.3 is 8.25 Å². The third-order valence-electron chi connectivity index (χ3n) is 6.16. The van der Waals surface area contributed by atoms with Gasteiger partial charge in [-0.05, 0) is 35.5 Å². The Kier molecular flexibility index (Phi) is 16.4. The maximum Gasteiger partial charge on any atom is 0.539 e. The monoisotopic (exact) mass is 500 g/mol. The highest BCUT2D eigenvalue weighted by Crippen LogP contribution is 2.56. The lowest BCUT2D eigenvalue weighted by Gasteiger charge is -2.26.